The van der Waals surface area contributed by atoms with Gasteiger partial charge in [-0.1, -0.05) is 6.92 Å². The second kappa shape index (κ2) is 6.93. The Hall–Kier alpha value is 0.250. The summed E-state index contributed by atoms with van der Waals surface area (Å²) >= 11 is 5.82. The molecule has 0 amide bonds. The summed E-state index contributed by atoms with van der Waals surface area (Å²) in [6.45, 7) is 5.17. The van der Waals surface area contributed by atoms with Gasteiger partial charge >= 0.3 is 0 Å². The largest absolute Gasteiger partial charge is 0.385 e. The van der Waals surface area contributed by atoms with Gasteiger partial charge in [-0.15, -0.1) is 11.6 Å². The van der Waals surface area contributed by atoms with Crippen LogP contribution < -0.4 is 0 Å². The van der Waals surface area contributed by atoms with E-state index in [-0.39, 0.29) is 0 Å². The van der Waals surface area contributed by atoms with Crippen molar-refractivity contribution < 1.29 is 4.74 Å². The summed E-state index contributed by atoms with van der Waals surface area (Å²) in [6.07, 6.45) is 3.49. The lowest BCUT2D eigenvalue weighted by Crippen LogP contribution is -2.02. The van der Waals surface area contributed by atoms with Crippen molar-refractivity contribution in [1.82, 2.24) is 0 Å². The predicted molar refractivity (Wildman–Crippen MR) is 50.2 cm³/mol. The Morgan fingerprint density at radius 1 is 1.18 bits per heavy atom. The van der Waals surface area contributed by atoms with Crippen molar-refractivity contribution in [3.05, 3.63) is 0 Å². The minimum Gasteiger partial charge on any atom is -0.385 e. The summed E-state index contributed by atoms with van der Waals surface area (Å²) in [6, 6.07) is 0. The van der Waals surface area contributed by atoms with Gasteiger partial charge in [0, 0.05) is 19.1 Å². The zero-order chi connectivity index (χ0) is 8.69. The Balaban J connectivity index is 3.15. The van der Waals surface area contributed by atoms with Crippen LogP contribution >= 0.6 is 11.6 Å². The molecule has 0 aliphatic rings. The van der Waals surface area contributed by atoms with Crippen molar-refractivity contribution in [3.8, 4) is 0 Å². The van der Waals surface area contributed by atoms with Gasteiger partial charge in [0.05, 0.1) is 0 Å². The maximum atomic E-state index is 5.82. The number of ether oxygens (including phenoxy) is 1. The zero-order valence-electron chi connectivity index (χ0n) is 7.77. The van der Waals surface area contributed by atoms with Crippen molar-refractivity contribution in [2.24, 2.45) is 5.92 Å². The molecule has 0 aliphatic carbocycles. The van der Waals surface area contributed by atoms with E-state index in [1.165, 1.54) is 6.42 Å². The average Bonchev–Trinajstić information content (AvgIpc) is 1.97. The molecule has 0 aromatic carbocycles. The molecule has 0 bridgehead atoms. The Morgan fingerprint density at radius 3 is 2.27 bits per heavy atom. The van der Waals surface area contributed by atoms with Crippen LogP contribution in [0.1, 0.15) is 33.1 Å². The van der Waals surface area contributed by atoms with Crippen LogP contribution in [-0.2, 0) is 4.74 Å². The van der Waals surface area contributed by atoms with Gasteiger partial charge in [-0.3, -0.25) is 0 Å². The van der Waals surface area contributed by atoms with E-state index in [0.717, 1.165) is 25.4 Å². The minimum absolute atomic E-state index is 0.319. The lowest BCUT2D eigenvalue weighted by atomic mass is 10.0. The first-order valence-electron chi connectivity index (χ1n) is 4.29. The third kappa shape index (κ3) is 8.15. The Kier molecular flexibility index (Phi) is 7.09. The van der Waals surface area contributed by atoms with E-state index in [2.05, 4.69) is 6.92 Å². The highest BCUT2D eigenvalue weighted by Gasteiger charge is 2.03. The molecule has 0 heterocycles. The second-order valence-corrected chi connectivity index (χ2v) is 3.99. The van der Waals surface area contributed by atoms with Gasteiger partial charge in [-0.25, -0.2) is 0 Å². The van der Waals surface area contributed by atoms with Gasteiger partial charge in [-0.05, 0) is 32.1 Å². The van der Waals surface area contributed by atoms with Crippen molar-refractivity contribution in [1.29, 1.82) is 0 Å². The molecule has 2 atom stereocenters. The molecular formula is C9H19ClO. The number of hydrogen-bond donors (Lipinski definition) is 0. The summed E-state index contributed by atoms with van der Waals surface area (Å²) < 4.78 is 4.99. The molecule has 0 N–H and O–H groups in total. The SMILES string of the molecule is COCCC(C)CCC(C)Cl. The molecule has 0 fully saturated rings. The summed E-state index contributed by atoms with van der Waals surface area (Å²) in [5.41, 5.74) is 0. The van der Waals surface area contributed by atoms with E-state index in [1.54, 1.807) is 7.11 Å². The van der Waals surface area contributed by atoms with Crippen LogP contribution in [0.2, 0.25) is 0 Å². The highest BCUT2D eigenvalue weighted by molar-refractivity contribution is 6.20. The monoisotopic (exact) mass is 178 g/mol. The maximum Gasteiger partial charge on any atom is 0.0464 e. The molecule has 1 nitrogen and oxygen atoms in total. The van der Waals surface area contributed by atoms with E-state index in [9.17, 15) is 0 Å². The summed E-state index contributed by atoms with van der Waals surface area (Å²) in [7, 11) is 1.75. The van der Waals surface area contributed by atoms with Gasteiger partial charge < -0.3 is 4.74 Å². The molecule has 0 aromatic rings. The standard InChI is InChI=1S/C9H19ClO/c1-8(6-7-11-3)4-5-9(2)10/h8-9H,4-7H2,1-3H3. The number of alkyl halides is 1. The maximum absolute atomic E-state index is 5.82. The topological polar surface area (TPSA) is 9.23 Å². The van der Waals surface area contributed by atoms with Crippen LogP contribution in [0.15, 0.2) is 0 Å². The van der Waals surface area contributed by atoms with Crippen LogP contribution in [0.25, 0.3) is 0 Å². The van der Waals surface area contributed by atoms with Crippen LogP contribution in [0.3, 0.4) is 0 Å². The van der Waals surface area contributed by atoms with E-state index in [0.29, 0.717) is 5.38 Å². The van der Waals surface area contributed by atoms with Crippen molar-refractivity contribution >= 4 is 11.6 Å². The number of halogens is 1. The van der Waals surface area contributed by atoms with Crippen molar-refractivity contribution in [2.45, 2.75) is 38.5 Å². The molecule has 0 radical (unpaired) electrons. The molecule has 0 aliphatic heterocycles. The van der Waals surface area contributed by atoms with E-state index < -0.39 is 0 Å². The minimum atomic E-state index is 0.319. The van der Waals surface area contributed by atoms with E-state index in [1.807, 2.05) is 6.92 Å². The van der Waals surface area contributed by atoms with Gasteiger partial charge in [0.1, 0.15) is 0 Å². The molecule has 2 heteroatoms. The molecule has 0 aromatic heterocycles. The zero-order valence-corrected chi connectivity index (χ0v) is 8.53. The predicted octanol–water partition coefficient (Wildman–Crippen LogP) is 3.07. The fraction of sp³-hybridized carbons (Fsp3) is 1.00. The fourth-order valence-corrected chi connectivity index (χ4v) is 1.10. The molecule has 11 heavy (non-hydrogen) atoms. The number of hydrogen-bond acceptors (Lipinski definition) is 1. The first-order chi connectivity index (χ1) is 5.16. The smallest absolute Gasteiger partial charge is 0.0464 e. The van der Waals surface area contributed by atoms with Crippen LogP contribution in [-0.4, -0.2) is 19.1 Å². The van der Waals surface area contributed by atoms with E-state index in [4.69, 9.17) is 16.3 Å². The van der Waals surface area contributed by atoms with Gasteiger partial charge in [-0.2, -0.15) is 0 Å². The van der Waals surface area contributed by atoms with Crippen LogP contribution in [0.5, 0.6) is 0 Å². The summed E-state index contributed by atoms with van der Waals surface area (Å²) in [5, 5.41) is 0.319. The van der Waals surface area contributed by atoms with Crippen LogP contribution in [0, 0.1) is 5.92 Å². The lowest BCUT2D eigenvalue weighted by Gasteiger charge is -2.10. The quantitative estimate of drug-likeness (QED) is 0.568. The van der Waals surface area contributed by atoms with Gasteiger partial charge in [0.15, 0.2) is 0 Å². The Morgan fingerprint density at radius 2 is 1.82 bits per heavy atom. The number of rotatable bonds is 6. The van der Waals surface area contributed by atoms with Gasteiger partial charge in [0.25, 0.3) is 0 Å². The fourth-order valence-electron chi connectivity index (χ4n) is 0.978. The molecule has 0 saturated heterocycles. The highest BCUT2D eigenvalue weighted by atomic mass is 35.5. The Bertz CT molecular complexity index is 83.6. The normalized spacial score (nSPS) is 16.4. The molecule has 2 unspecified atom stereocenters. The van der Waals surface area contributed by atoms with Gasteiger partial charge in [0.2, 0.25) is 0 Å². The van der Waals surface area contributed by atoms with Crippen LogP contribution in [0.4, 0.5) is 0 Å². The molecular weight excluding hydrogens is 160 g/mol. The summed E-state index contributed by atoms with van der Waals surface area (Å²) in [5.74, 6) is 0.746. The highest BCUT2D eigenvalue weighted by Crippen LogP contribution is 2.14. The molecule has 0 rings (SSSR count). The van der Waals surface area contributed by atoms with E-state index >= 15 is 0 Å². The van der Waals surface area contributed by atoms with Crippen molar-refractivity contribution in [3.63, 3.8) is 0 Å². The molecule has 68 valence electrons. The average molecular weight is 179 g/mol. The Labute approximate surface area is 75.1 Å². The third-order valence-electron chi connectivity index (χ3n) is 1.87. The number of methoxy groups -OCH3 is 1. The first-order valence-corrected chi connectivity index (χ1v) is 4.73. The molecule has 0 saturated carbocycles. The summed E-state index contributed by atoms with van der Waals surface area (Å²) in [4.78, 5) is 0. The second-order valence-electron chi connectivity index (χ2n) is 3.24. The lowest BCUT2D eigenvalue weighted by molar-refractivity contribution is 0.178. The molecule has 0 spiro atoms. The first kappa shape index (κ1) is 11.2. The third-order valence-corrected chi connectivity index (χ3v) is 2.09. The van der Waals surface area contributed by atoms with Crippen molar-refractivity contribution in [2.75, 3.05) is 13.7 Å².